The lowest BCUT2D eigenvalue weighted by Crippen LogP contribution is -2.29. The van der Waals surface area contributed by atoms with Crippen LogP contribution in [0.3, 0.4) is 0 Å². The fourth-order valence-electron chi connectivity index (χ4n) is 2.94. The molecule has 1 aromatic heterocycles. The summed E-state index contributed by atoms with van der Waals surface area (Å²) in [5.41, 5.74) is 2.02. The lowest BCUT2D eigenvalue weighted by atomic mass is 10.1. The maximum atomic E-state index is 12.4. The van der Waals surface area contributed by atoms with Gasteiger partial charge in [-0.2, -0.15) is 0 Å². The number of aromatic nitrogens is 1. The molecule has 2 heterocycles. The molecule has 7 heteroatoms. The average Bonchev–Trinajstić information content (AvgIpc) is 3.19. The van der Waals surface area contributed by atoms with E-state index in [1.807, 2.05) is 0 Å². The number of hydrogen-bond donors (Lipinski definition) is 1. The van der Waals surface area contributed by atoms with Gasteiger partial charge in [-0.25, -0.2) is 0 Å². The van der Waals surface area contributed by atoms with Crippen LogP contribution in [0.2, 0.25) is 0 Å². The maximum Gasteiger partial charge on any atom is 0.261 e. The van der Waals surface area contributed by atoms with E-state index in [0.717, 1.165) is 5.56 Å². The molecule has 0 saturated carbocycles. The predicted molar refractivity (Wildman–Crippen MR) is 96.3 cm³/mol. The van der Waals surface area contributed by atoms with Crippen molar-refractivity contribution in [1.82, 2.24) is 10.1 Å². The number of amides is 3. The summed E-state index contributed by atoms with van der Waals surface area (Å²) in [6.07, 6.45) is 0. The quantitative estimate of drug-likeness (QED) is 0.721. The number of imide groups is 1. The van der Waals surface area contributed by atoms with Crippen LogP contribution in [0.5, 0.6) is 0 Å². The van der Waals surface area contributed by atoms with Crippen molar-refractivity contribution in [2.75, 3.05) is 5.32 Å². The minimum atomic E-state index is -0.324. The molecule has 0 atom stereocenters. The van der Waals surface area contributed by atoms with Crippen molar-refractivity contribution < 1.29 is 18.9 Å². The van der Waals surface area contributed by atoms with E-state index in [2.05, 4.69) is 10.5 Å². The van der Waals surface area contributed by atoms with E-state index in [9.17, 15) is 14.4 Å². The van der Waals surface area contributed by atoms with Gasteiger partial charge in [0.2, 0.25) is 0 Å². The Bertz CT molecular complexity index is 1020. The summed E-state index contributed by atoms with van der Waals surface area (Å²) in [6.45, 7) is 1.88. The van der Waals surface area contributed by atoms with Crippen LogP contribution < -0.4 is 5.32 Å². The molecule has 0 saturated heterocycles. The van der Waals surface area contributed by atoms with Crippen molar-refractivity contribution in [2.45, 2.75) is 13.5 Å². The topological polar surface area (TPSA) is 92.5 Å². The van der Waals surface area contributed by atoms with Crippen LogP contribution in [0.15, 0.2) is 59.1 Å². The van der Waals surface area contributed by atoms with E-state index in [-0.39, 0.29) is 24.3 Å². The van der Waals surface area contributed by atoms with Crippen molar-refractivity contribution >= 4 is 23.5 Å². The lowest BCUT2D eigenvalue weighted by Gasteiger charge is -2.14. The van der Waals surface area contributed by atoms with Gasteiger partial charge in [-0.05, 0) is 36.8 Å². The van der Waals surface area contributed by atoms with Crippen LogP contribution in [0, 0.1) is 6.92 Å². The van der Waals surface area contributed by atoms with Crippen molar-refractivity contribution in [3.05, 3.63) is 82.6 Å². The van der Waals surface area contributed by atoms with Gasteiger partial charge in [-0.1, -0.05) is 29.4 Å². The zero-order valence-electron chi connectivity index (χ0n) is 14.4. The SMILES string of the molecule is Cc1cc(NC(=O)c2ccc(CN3C(=O)c4ccccc4C3=O)cc2)no1. The molecule has 134 valence electrons. The third kappa shape index (κ3) is 3.10. The van der Waals surface area contributed by atoms with Gasteiger partial charge in [0.05, 0.1) is 17.7 Å². The molecule has 0 radical (unpaired) electrons. The summed E-state index contributed by atoms with van der Waals surface area (Å²) in [5, 5.41) is 6.35. The molecule has 0 bridgehead atoms. The van der Waals surface area contributed by atoms with Crippen LogP contribution in [0.4, 0.5) is 5.82 Å². The van der Waals surface area contributed by atoms with Gasteiger partial charge in [0.15, 0.2) is 5.82 Å². The van der Waals surface area contributed by atoms with Crippen molar-refractivity contribution in [1.29, 1.82) is 0 Å². The molecule has 0 fully saturated rings. The molecule has 1 aliphatic rings. The highest BCUT2D eigenvalue weighted by atomic mass is 16.5. The predicted octanol–water partition coefficient (Wildman–Crippen LogP) is 3.03. The second kappa shape index (κ2) is 6.53. The minimum Gasteiger partial charge on any atom is -0.360 e. The monoisotopic (exact) mass is 361 g/mol. The molecule has 0 aliphatic carbocycles. The lowest BCUT2D eigenvalue weighted by molar-refractivity contribution is 0.0642. The molecule has 3 aromatic rings. The van der Waals surface area contributed by atoms with Crippen molar-refractivity contribution in [3.8, 4) is 0 Å². The number of fused-ring (bicyclic) bond motifs is 1. The summed E-state index contributed by atoms with van der Waals surface area (Å²) < 4.78 is 4.91. The van der Waals surface area contributed by atoms with Crippen LogP contribution in [0.25, 0.3) is 0 Å². The van der Waals surface area contributed by atoms with E-state index in [0.29, 0.717) is 28.3 Å². The number of nitrogens with zero attached hydrogens (tertiary/aromatic N) is 2. The number of carbonyl (C=O) groups is 3. The molecule has 4 rings (SSSR count). The summed E-state index contributed by atoms with van der Waals surface area (Å²) in [6, 6.07) is 15.1. The maximum absolute atomic E-state index is 12.4. The van der Waals surface area contributed by atoms with Gasteiger partial charge >= 0.3 is 0 Å². The number of aryl methyl sites for hydroxylation is 1. The Kier molecular flexibility index (Phi) is 4.04. The summed E-state index contributed by atoms with van der Waals surface area (Å²) in [4.78, 5) is 38.3. The van der Waals surface area contributed by atoms with Gasteiger partial charge < -0.3 is 9.84 Å². The Morgan fingerprint density at radius 2 is 1.67 bits per heavy atom. The van der Waals surface area contributed by atoms with Gasteiger partial charge in [-0.3, -0.25) is 19.3 Å². The molecule has 27 heavy (non-hydrogen) atoms. The highest BCUT2D eigenvalue weighted by Crippen LogP contribution is 2.24. The van der Waals surface area contributed by atoms with Crippen molar-refractivity contribution in [2.24, 2.45) is 0 Å². The first kappa shape index (κ1) is 16.7. The standard InChI is InChI=1S/C20H15N3O4/c1-12-10-17(22-27-12)21-18(24)14-8-6-13(7-9-14)11-23-19(25)15-4-2-3-5-16(15)20(23)26/h2-10H,11H2,1H3,(H,21,22,24). The average molecular weight is 361 g/mol. The first-order valence-corrected chi connectivity index (χ1v) is 8.32. The second-order valence-corrected chi connectivity index (χ2v) is 6.22. The Morgan fingerprint density at radius 3 is 2.22 bits per heavy atom. The van der Waals surface area contributed by atoms with Crippen LogP contribution in [-0.2, 0) is 6.54 Å². The summed E-state index contributed by atoms with van der Waals surface area (Å²) >= 11 is 0. The van der Waals surface area contributed by atoms with Gasteiger partial charge in [0, 0.05) is 11.6 Å². The van der Waals surface area contributed by atoms with Crippen LogP contribution >= 0.6 is 0 Å². The van der Waals surface area contributed by atoms with E-state index >= 15 is 0 Å². The van der Waals surface area contributed by atoms with E-state index in [1.165, 1.54) is 4.90 Å². The summed E-state index contributed by atoms with van der Waals surface area (Å²) in [5.74, 6) is 0.00224. The number of carbonyl (C=O) groups excluding carboxylic acids is 3. The fraction of sp³-hybridized carbons (Fsp3) is 0.100. The molecule has 0 unspecified atom stereocenters. The Balaban J connectivity index is 1.46. The normalized spacial score (nSPS) is 13.0. The molecule has 1 aliphatic heterocycles. The molecule has 3 amide bonds. The van der Waals surface area contributed by atoms with E-state index in [1.54, 1.807) is 61.5 Å². The second-order valence-electron chi connectivity index (χ2n) is 6.22. The smallest absolute Gasteiger partial charge is 0.261 e. The van der Waals surface area contributed by atoms with Crippen molar-refractivity contribution in [3.63, 3.8) is 0 Å². The molecular formula is C20H15N3O4. The number of rotatable bonds is 4. The van der Waals surface area contributed by atoms with Crippen LogP contribution in [0.1, 0.15) is 42.4 Å². The first-order valence-electron chi connectivity index (χ1n) is 8.32. The Labute approximate surface area is 154 Å². The third-order valence-electron chi connectivity index (χ3n) is 4.30. The largest absolute Gasteiger partial charge is 0.360 e. The highest BCUT2D eigenvalue weighted by molar-refractivity contribution is 6.21. The zero-order valence-corrected chi connectivity index (χ0v) is 14.4. The van der Waals surface area contributed by atoms with E-state index in [4.69, 9.17) is 4.52 Å². The Morgan fingerprint density at radius 1 is 1.04 bits per heavy atom. The Hall–Kier alpha value is -3.74. The molecule has 1 N–H and O–H groups in total. The third-order valence-corrected chi connectivity index (χ3v) is 4.30. The van der Waals surface area contributed by atoms with Gasteiger partial charge in [0.1, 0.15) is 5.76 Å². The molecule has 2 aromatic carbocycles. The summed E-state index contributed by atoms with van der Waals surface area (Å²) in [7, 11) is 0. The molecule has 0 spiro atoms. The number of nitrogens with one attached hydrogen (secondary N) is 1. The molecule has 7 nitrogen and oxygen atoms in total. The number of anilines is 1. The zero-order chi connectivity index (χ0) is 19.0. The fourth-order valence-corrected chi connectivity index (χ4v) is 2.94. The number of hydrogen-bond acceptors (Lipinski definition) is 5. The van der Waals surface area contributed by atoms with Gasteiger partial charge in [-0.15, -0.1) is 0 Å². The number of benzene rings is 2. The van der Waals surface area contributed by atoms with E-state index < -0.39 is 0 Å². The minimum absolute atomic E-state index is 0.150. The molecular weight excluding hydrogens is 346 g/mol. The van der Waals surface area contributed by atoms with Gasteiger partial charge in [0.25, 0.3) is 17.7 Å². The first-order chi connectivity index (χ1) is 13.0. The highest BCUT2D eigenvalue weighted by Gasteiger charge is 2.34. The van der Waals surface area contributed by atoms with Crippen LogP contribution in [-0.4, -0.2) is 27.8 Å².